The maximum atomic E-state index is 13.7. The van der Waals surface area contributed by atoms with Gasteiger partial charge >= 0.3 is 5.97 Å². The molecule has 10 nitrogen and oxygen atoms in total. The molecule has 0 aliphatic carbocycles. The lowest BCUT2D eigenvalue weighted by atomic mass is 9.93. The number of fused-ring (bicyclic) bond motifs is 2. The number of aromatic nitrogens is 1. The fourth-order valence-corrected chi connectivity index (χ4v) is 7.33. The van der Waals surface area contributed by atoms with Crippen molar-refractivity contribution in [1.82, 2.24) is 14.8 Å². The summed E-state index contributed by atoms with van der Waals surface area (Å²) in [5.41, 5.74) is 6.67. The standard InChI is InChI=1S/C31H35N5O5S/c1-19-21(4-2-6-24(19)32-28(38)11-14-34-12-8-20(37)16-34)22-5-3-7-26-23(22)9-15-36(26)31(41)30-33-25-10-13-35(18-29(39)40)17-27(25)42-30/h2-7,20,37H,8-18H2,1H3,(H,32,38)(H,39,40). The van der Waals surface area contributed by atoms with E-state index in [0.717, 1.165) is 57.2 Å². The Hall–Kier alpha value is -3.64. The zero-order valence-corrected chi connectivity index (χ0v) is 24.5. The van der Waals surface area contributed by atoms with Gasteiger partial charge in [0.2, 0.25) is 5.91 Å². The van der Waals surface area contributed by atoms with Gasteiger partial charge in [0.05, 0.1) is 18.3 Å². The van der Waals surface area contributed by atoms with Crippen molar-refractivity contribution in [3.8, 4) is 11.1 Å². The Balaban J connectivity index is 1.18. The number of carboxylic acids is 1. The minimum absolute atomic E-state index is 0.0171. The Kier molecular flexibility index (Phi) is 8.09. The maximum Gasteiger partial charge on any atom is 0.317 e. The summed E-state index contributed by atoms with van der Waals surface area (Å²) in [6.07, 6.45) is 2.18. The van der Waals surface area contributed by atoms with Crippen LogP contribution in [0.2, 0.25) is 0 Å². The molecule has 1 atom stereocenters. The molecule has 0 radical (unpaired) electrons. The summed E-state index contributed by atoms with van der Waals surface area (Å²) in [7, 11) is 0. The maximum absolute atomic E-state index is 13.7. The molecule has 1 aromatic heterocycles. The number of hydrogen-bond donors (Lipinski definition) is 3. The molecule has 2 aromatic carbocycles. The number of carboxylic acid groups (broad SMARTS) is 1. The van der Waals surface area contributed by atoms with Crippen molar-refractivity contribution in [1.29, 1.82) is 0 Å². The molecular weight excluding hydrogens is 554 g/mol. The first-order valence-electron chi connectivity index (χ1n) is 14.4. The van der Waals surface area contributed by atoms with Gasteiger partial charge in [0, 0.05) is 68.4 Å². The second-order valence-electron chi connectivity index (χ2n) is 11.3. The Morgan fingerprint density at radius 2 is 1.86 bits per heavy atom. The van der Waals surface area contributed by atoms with E-state index in [-0.39, 0.29) is 24.5 Å². The Labute approximate surface area is 248 Å². The number of amides is 2. The van der Waals surface area contributed by atoms with E-state index in [1.54, 1.807) is 4.90 Å². The van der Waals surface area contributed by atoms with Gasteiger partial charge in [-0.15, -0.1) is 11.3 Å². The van der Waals surface area contributed by atoms with Crippen LogP contribution in [0.1, 0.15) is 44.3 Å². The molecule has 1 unspecified atom stereocenters. The van der Waals surface area contributed by atoms with Crippen molar-refractivity contribution < 1.29 is 24.6 Å². The Bertz CT molecular complexity index is 1540. The topological polar surface area (TPSA) is 126 Å². The molecule has 1 fully saturated rings. The highest BCUT2D eigenvalue weighted by Crippen LogP contribution is 2.40. The van der Waals surface area contributed by atoms with Crippen molar-refractivity contribution in [3.63, 3.8) is 0 Å². The number of nitrogens with one attached hydrogen (secondary N) is 1. The van der Waals surface area contributed by atoms with E-state index in [0.29, 0.717) is 57.0 Å². The number of benzene rings is 2. The number of β-amino-alcohol motifs (C(OH)–C–C–N with tert-alkyl or cyclic N) is 1. The smallest absolute Gasteiger partial charge is 0.317 e. The quantitative estimate of drug-likeness (QED) is 0.366. The summed E-state index contributed by atoms with van der Waals surface area (Å²) in [5.74, 6) is -1.03. The second-order valence-corrected chi connectivity index (χ2v) is 12.4. The third kappa shape index (κ3) is 5.82. The summed E-state index contributed by atoms with van der Waals surface area (Å²) < 4.78 is 0. The highest BCUT2D eigenvalue weighted by atomic mass is 32.1. The zero-order chi connectivity index (χ0) is 29.4. The van der Waals surface area contributed by atoms with Crippen molar-refractivity contribution in [2.45, 2.75) is 45.3 Å². The lowest BCUT2D eigenvalue weighted by Gasteiger charge is -2.23. The van der Waals surface area contributed by atoms with Gasteiger partial charge in [-0.1, -0.05) is 24.3 Å². The van der Waals surface area contributed by atoms with E-state index in [9.17, 15) is 19.5 Å². The van der Waals surface area contributed by atoms with Crippen molar-refractivity contribution in [2.75, 3.05) is 49.5 Å². The Morgan fingerprint density at radius 3 is 2.64 bits per heavy atom. The molecular formula is C31H35N5O5S. The first kappa shape index (κ1) is 28.5. The van der Waals surface area contributed by atoms with Crippen LogP contribution in [-0.4, -0.2) is 88.2 Å². The summed E-state index contributed by atoms with van der Waals surface area (Å²) in [5, 5.41) is 22.4. The number of anilines is 2. The van der Waals surface area contributed by atoms with E-state index in [1.165, 1.54) is 11.3 Å². The highest BCUT2D eigenvalue weighted by Gasteiger charge is 2.32. The van der Waals surface area contributed by atoms with E-state index in [1.807, 2.05) is 36.1 Å². The predicted molar refractivity (Wildman–Crippen MR) is 161 cm³/mol. The average molecular weight is 590 g/mol. The summed E-state index contributed by atoms with van der Waals surface area (Å²) in [6.45, 7) is 5.73. The molecule has 220 valence electrons. The monoisotopic (exact) mass is 589 g/mol. The molecule has 3 aromatic rings. The van der Waals surface area contributed by atoms with Gasteiger partial charge in [-0.2, -0.15) is 0 Å². The van der Waals surface area contributed by atoms with Crippen LogP contribution in [0.5, 0.6) is 0 Å². The van der Waals surface area contributed by atoms with Crippen LogP contribution < -0.4 is 10.2 Å². The van der Waals surface area contributed by atoms with Crippen LogP contribution in [-0.2, 0) is 29.0 Å². The van der Waals surface area contributed by atoms with Crippen molar-refractivity contribution in [2.24, 2.45) is 0 Å². The Morgan fingerprint density at radius 1 is 1.05 bits per heavy atom. The summed E-state index contributed by atoms with van der Waals surface area (Å²) in [6, 6.07) is 11.9. The van der Waals surface area contributed by atoms with Gasteiger partial charge < -0.3 is 25.3 Å². The van der Waals surface area contributed by atoms with Crippen LogP contribution in [0.15, 0.2) is 36.4 Å². The fraction of sp³-hybridized carbons (Fsp3) is 0.419. The van der Waals surface area contributed by atoms with Gasteiger partial charge in [0.1, 0.15) is 0 Å². The number of aliphatic carboxylic acids is 1. The molecule has 6 rings (SSSR count). The lowest BCUT2D eigenvalue weighted by Crippen LogP contribution is -2.34. The molecule has 4 heterocycles. The second kappa shape index (κ2) is 11.9. The number of nitrogens with zero attached hydrogens (tertiary/aromatic N) is 4. The minimum Gasteiger partial charge on any atom is -0.480 e. The van der Waals surface area contributed by atoms with E-state index < -0.39 is 5.97 Å². The summed E-state index contributed by atoms with van der Waals surface area (Å²) >= 11 is 1.37. The SMILES string of the molecule is Cc1c(NC(=O)CCN2CCC(O)C2)cccc1-c1cccc2c1CCN2C(=O)c1nc2c(s1)CN(CC(=O)O)CC2. The van der Waals surface area contributed by atoms with E-state index in [2.05, 4.69) is 27.3 Å². The molecule has 3 aliphatic heterocycles. The van der Waals surface area contributed by atoms with Crippen molar-refractivity contribution >= 4 is 40.5 Å². The van der Waals surface area contributed by atoms with Crippen LogP contribution in [0.3, 0.4) is 0 Å². The molecule has 3 aliphatic rings. The van der Waals surface area contributed by atoms with Crippen LogP contribution in [0.25, 0.3) is 11.1 Å². The van der Waals surface area contributed by atoms with E-state index in [4.69, 9.17) is 5.11 Å². The largest absolute Gasteiger partial charge is 0.480 e. The first-order valence-corrected chi connectivity index (χ1v) is 15.2. The highest BCUT2D eigenvalue weighted by molar-refractivity contribution is 7.13. The lowest BCUT2D eigenvalue weighted by molar-refractivity contribution is -0.138. The predicted octanol–water partition coefficient (Wildman–Crippen LogP) is 3.16. The third-order valence-electron chi connectivity index (χ3n) is 8.43. The van der Waals surface area contributed by atoms with Crippen LogP contribution in [0.4, 0.5) is 11.4 Å². The number of rotatable bonds is 8. The van der Waals surface area contributed by atoms with E-state index >= 15 is 0 Å². The van der Waals surface area contributed by atoms with Crippen molar-refractivity contribution in [3.05, 3.63) is 63.1 Å². The van der Waals surface area contributed by atoms with Crippen LogP contribution >= 0.6 is 11.3 Å². The number of carbonyl (C=O) groups excluding carboxylic acids is 2. The number of hydrogen-bond acceptors (Lipinski definition) is 8. The van der Waals surface area contributed by atoms with Crippen LogP contribution in [0, 0.1) is 6.92 Å². The van der Waals surface area contributed by atoms with Gasteiger partial charge in [0.15, 0.2) is 5.01 Å². The van der Waals surface area contributed by atoms with Gasteiger partial charge in [-0.25, -0.2) is 4.98 Å². The normalized spacial score (nSPS) is 18.6. The molecule has 1 saturated heterocycles. The van der Waals surface area contributed by atoms with Gasteiger partial charge in [-0.05, 0) is 54.2 Å². The van der Waals surface area contributed by atoms with Gasteiger partial charge in [-0.3, -0.25) is 19.3 Å². The zero-order valence-electron chi connectivity index (χ0n) is 23.6. The number of thiazole rings is 1. The molecule has 0 spiro atoms. The number of aliphatic hydroxyl groups is 1. The summed E-state index contributed by atoms with van der Waals surface area (Å²) in [4.78, 5) is 48.9. The molecule has 11 heteroatoms. The molecule has 0 saturated carbocycles. The van der Waals surface area contributed by atoms with Gasteiger partial charge in [0.25, 0.3) is 5.91 Å². The third-order valence-corrected chi connectivity index (χ3v) is 9.50. The molecule has 0 bridgehead atoms. The fourth-order valence-electron chi connectivity index (χ4n) is 6.23. The average Bonchev–Trinajstić information content (AvgIpc) is 3.70. The number of likely N-dealkylation sites (tertiary alicyclic amines) is 1. The number of carbonyl (C=O) groups is 3. The minimum atomic E-state index is -0.856. The molecule has 2 amide bonds. The number of aliphatic hydroxyl groups excluding tert-OH is 1. The first-order chi connectivity index (χ1) is 20.3. The molecule has 3 N–H and O–H groups in total. The molecule has 42 heavy (non-hydrogen) atoms.